The van der Waals surface area contributed by atoms with Gasteiger partial charge in [-0.2, -0.15) is 0 Å². The summed E-state index contributed by atoms with van der Waals surface area (Å²) < 4.78 is 0. The van der Waals surface area contributed by atoms with Crippen LogP contribution in [0.25, 0.3) is 0 Å². The maximum Gasteiger partial charge on any atom is 0.0818 e. The first-order valence-electron chi connectivity index (χ1n) is 6.55. The topological polar surface area (TPSA) is 40.5 Å². The maximum absolute atomic E-state index is 10.1. The number of aryl methyl sites for hydroxylation is 2. The van der Waals surface area contributed by atoms with Gasteiger partial charge in [0.15, 0.2) is 0 Å². The molecule has 2 N–H and O–H groups in total. The van der Waals surface area contributed by atoms with Gasteiger partial charge in [0.05, 0.1) is 12.2 Å². The molecule has 0 heterocycles. The number of benzene rings is 2. The van der Waals surface area contributed by atoms with Crippen LogP contribution >= 0.6 is 0 Å². The zero-order chi connectivity index (χ0) is 13.8. The average molecular weight is 301 g/mol. The molecule has 0 aliphatic carbocycles. The summed E-state index contributed by atoms with van der Waals surface area (Å²) in [5, 5.41) is 20.3. The molecule has 0 aliphatic heterocycles. The molecule has 0 saturated heterocycles. The summed E-state index contributed by atoms with van der Waals surface area (Å²) in [7, 11) is 0. The van der Waals surface area contributed by atoms with Crippen LogP contribution in [0.2, 0.25) is 0 Å². The van der Waals surface area contributed by atoms with Crippen molar-refractivity contribution in [3.8, 4) is 0 Å². The molecule has 0 aliphatic rings. The molecule has 0 fully saturated rings. The van der Waals surface area contributed by atoms with Gasteiger partial charge in [0, 0.05) is 32.3 Å². The Morgan fingerprint density at radius 1 is 0.700 bits per heavy atom. The minimum absolute atomic E-state index is 0. The van der Waals surface area contributed by atoms with Gasteiger partial charge in [-0.05, 0) is 25.0 Å². The Labute approximate surface area is 139 Å². The van der Waals surface area contributed by atoms with Crippen molar-refractivity contribution in [3.63, 3.8) is 0 Å². The van der Waals surface area contributed by atoms with E-state index < -0.39 is 12.2 Å². The Hall–Kier alpha value is -0.770. The van der Waals surface area contributed by atoms with Crippen LogP contribution in [0, 0.1) is 13.8 Å². The third-order valence-electron chi connectivity index (χ3n) is 3.37. The molecule has 3 heteroatoms. The molecule has 0 amide bonds. The van der Waals surface area contributed by atoms with Crippen molar-refractivity contribution in [2.24, 2.45) is 0 Å². The molecule has 2 aromatic carbocycles. The summed E-state index contributed by atoms with van der Waals surface area (Å²) in [5.74, 6) is 0. The summed E-state index contributed by atoms with van der Waals surface area (Å²) >= 11 is 0. The molecule has 2 aromatic rings. The van der Waals surface area contributed by atoms with Crippen molar-refractivity contribution in [1.82, 2.24) is 0 Å². The minimum Gasteiger partial charge on any atom is -0.388 e. The predicted molar refractivity (Wildman–Crippen MR) is 76.9 cm³/mol. The molecule has 2 atom stereocenters. The normalized spacial score (nSPS) is 13.4. The van der Waals surface area contributed by atoms with E-state index in [0.717, 1.165) is 22.3 Å². The molecular formula is C17H20O2Sc. The first-order chi connectivity index (χ1) is 9.06. The van der Waals surface area contributed by atoms with E-state index >= 15 is 0 Å². The smallest absolute Gasteiger partial charge is 0.0818 e. The van der Waals surface area contributed by atoms with Gasteiger partial charge >= 0.3 is 0 Å². The molecule has 2 rings (SSSR count). The summed E-state index contributed by atoms with van der Waals surface area (Å²) in [6, 6.07) is 15.5. The standard InChI is InChI=1S/C17H20O2.Sc/c1-12-3-7-14(8-4-12)16(18)11-17(19)15-9-5-13(2)6-10-15;/h3-10,16-19H,11H2,1-2H3;. The van der Waals surface area contributed by atoms with Crippen molar-refractivity contribution in [2.75, 3.05) is 0 Å². The Bertz CT molecular complexity index is 470. The second-order valence-corrected chi connectivity index (χ2v) is 5.09. The molecule has 20 heavy (non-hydrogen) atoms. The molecule has 103 valence electrons. The van der Waals surface area contributed by atoms with E-state index in [1.165, 1.54) is 0 Å². The number of hydrogen-bond donors (Lipinski definition) is 2. The van der Waals surface area contributed by atoms with Crippen LogP contribution in [-0.2, 0) is 25.8 Å². The van der Waals surface area contributed by atoms with Crippen LogP contribution < -0.4 is 0 Å². The SMILES string of the molecule is Cc1ccc(C(O)CC(O)c2ccc(C)cc2)cc1.[Sc]. The van der Waals surface area contributed by atoms with Gasteiger partial charge < -0.3 is 10.2 Å². The van der Waals surface area contributed by atoms with Crippen LogP contribution in [-0.4, -0.2) is 10.2 Å². The Morgan fingerprint density at radius 2 is 1.00 bits per heavy atom. The van der Waals surface area contributed by atoms with Gasteiger partial charge in [-0.3, -0.25) is 0 Å². The fourth-order valence-corrected chi connectivity index (χ4v) is 2.06. The van der Waals surface area contributed by atoms with Crippen molar-refractivity contribution >= 4 is 0 Å². The van der Waals surface area contributed by atoms with Crippen molar-refractivity contribution in [3.05, 3.63) is 70.8 Å². The van der Waals surface area contributed by atoms with Gasteiger partial charge in [0.1, 0.15) is 0 Å². The molecule has 2 nitrogen and oxygen atoms in total. The van der Waals surface area contributed by atoms with E-state index in [1.807, 2.05) is 62.4 Å². The third kappa shape index (κ3) is 4.65. The number of aliphatic hydroxyl groups excluding tert-OH is 2. The first kappa shape index (κ1) is 17.3. The van der Waals surface area contributed by atoms with Crippen LogP contribution in [0.1, 0.15) is 40.9 Å². The molecule has 0 saturated carbocycles. The van der Waals surface area contributed by atoms with E-state index in [1.54, 1.807) is 0 Å². The third-order valence-corrected chi connectivity index (χ3v) is 3.37. The minimum atomic E-state index is -0.642. The maximum atomic E-state index is 10.1. The summed E-state index contributed by atoms with van der Waals surface area (Å²) in [4.78, 5) is 0. The van der Waals surface area contributed by atoms with Gasteiger partial charge in [0.2, 0.25) is 0 Å². The quantitative estimate of drug-likeness (QED) is 0.908. The van der Waals surface area contributed by atoms with Crippen molar-refractivity contribution in [2.45, 2.75) is 32.5 Å². The second-order valence-electron chi connectivity index (χ2n) is 5.09. The van der Waals surface area contributed by atoms with E-state index in [2.05, 4.69) is 0 Å². The predicted octanol–water partition coefficient (Wildman–Crippen LogP) is 3.46. The Morgan fingerprint density at radius 3 is 1.30 bits per heavy atom. The Kier molecular flexibility index (Phi) is 6.80. The van der Waals surface area contributed by atoms with Gasteiger partial charge in [-0.1, -0.05) is 59.7 Å². The number of hydrogen-bond acceptors (Lipinski definition) is 2. The molecule has 2 unspecified atom stereocenters. The van der Waals surface area contributed by atoms with E-state index in [9.17, 15) is 10.2 Å². The van der Waals surface area contributed by atoms with E-state index in [-0.39, 0.29) is 25.8 Å². The van der Waals surface area contributed by atoms with E-state index in [4.69, 9.17) is 0 Å². The van der Waals surface area contributed by atoms with Crippen molar-refractivity contribution < 1.29 is 36.1 Å². The summed E-state index contributed by atoms with van der Waals surface area (Å²) in [6.07, 6.45) is -0.972. The largest absolute Gasteiger partial charge is 0.388 e. The van der Waals surface area contributed by atoms with E-state index in [0.29, 0.717) is 6.42 Å². The molecule has 0 spiro atoms. The zero-order valence-electron chi connectivity index (χ0n) is 12.0. The van der Waals surface area contributed by atoms with Crippen LogP contribution in [0.4, 0.5) is 0 Å². The molecular weight excluding hydrogens is 281 g/mol. The van der Waals surface area contributed by atoms with Crippen LogP contribution in [0.15, 0.2) is 48.5 Å². The fourth-order valence-electron chi connectivity index (χ4n) is 2.06. The van der Waals surface area contributed by atoms with Gasteiger partial charge in [-0.25, -0.2) is 0 Å². The average Bonchev–Trinajstić information content (AvgIpc) is 2.40. The summed E-state index contributed by atoms with van der Waals surface area (Å²) in [5.41, 5.74) is 4.01. The number of rotatable bonds is 4. The van der Waals surface area contributed by atoms with Crippen molar-refractivity contribution in [1.29, 1.82) is 0 Å². The Balaban J connectivity index is 0.00000200. The van der Waals surface area contributed by atoms with Crippen LogP contribution in [0.3, 0.4) is 0 Å². The fraction of sp³-hybridized carbons (Fsp3) is 0.294. The number of aliphatic hydroxyl groups is 2. The second kappa shape index (κ2) is 7.87. The molecule has 0 aromatic heterocycles. The monoisotopic (exact) mass is 301 g/mol. The zero-order valence-corrected chi connectivity index (χ0v) is 13.8. The van der Waals surface area contributed by atoms with Gasteiger partial charge in [-0.15, -0.1) is 0 Å². The summed E-state index contributed by atoms with van der Waals surface area (Å²) in [6.45, 7) is 4.02. The first-order valence-corrected chi connectivity index (χ1v) is 6.55. The molecule has 1 radical (unpaired) electrons. The molecule has 0 bridgehead atoms. The van der Waals surface area contributed by atoms with Crippen LogP contribution in [0.5, 0.6) is 0 Å². The van der Waals surface area contributed by atoms with Gasteiger partial charge in [0.25, 0.3) is 0 Å².